The summed E-state index contributed by atoms with van der Waals surface area (Å²) < 4.78 is 0. The third kappa shape index (κ3) is 2.50. The van der Waals surface area contributed by atoms with E-state index in [4.69, 9.17) is 0 Å². The van der Waals surface area contributed by atoms with E-state index in [0.717, 1.165) is 23.7 Å². The average Bonchev–Trinajstić information content (AvgIpc) is 3.20. The van der Waals surface area contributed by atoms with Gasteiger partial charge in [-0.3, -0.25) is 0 Å². The van der Waals surface area contributed by atoms with E-state index in [0.29, 0.717) is 6.04 Å². The van der Waals surface area contributed by atoms with E-state index in [1.807, 2.05) is 11.3 Å². The van der Waals surface area contributed by atoms with Gasteiger partial charge in [0.05, 0.1) is 0 Å². The maximum Gasteiger partial charge on any atom is 0.0443 e. The molecule has 0 aliphatic heterocycles. The zero-order chi connectivity index (χ0) is 11.9. The van der Waals surface area contributed by atoms with Crippen molar-refractivity contribution in [3.8, 4) is 0 Å². The number of rotatable bonds is 7. The van der Waals surface area contributed by atoms with Gasteiger partial charge in [0.2, 0.25) is 0 Å². The highest BCUT2D eigenvalue weighted by Crippen LogP contribution is 2.49. The largest absolute Gasteiger partial charge is 0.309 e. The first kappa shape index (κ1) is 11.5. The van der Waals surface area contributed by atoms with Crippen LogP contribution in [0.15, 0.2) is 17.5 Å². The third-order valence-electron chi connectivity index (χ3n) is 4.97. The topological polar surface area (TPSA) is 12.0 Å². The maximum absolute atomic E-state index is 3.94. The molecule has 3 fully saturated rings. The number of hydrogen-bond donors (Lipinski definition) is 1. The molecule has 3 aliphatic carbocycles. The van der Waals surface area contributed by atoms with E-state index < -0.39 is 0 Å². The molecule has 3 aliphatic rings. The SMILES string of the molecule is c1csc(C(NCC(C2CC2)C2CC2)C2CC2)c1. The molecule has 0 amide bonds. The van der Waals surface area contributed by atoms with Gasteiger partial charge in [-0.05, 0) is 80.2 Å². The minimum Gasteiger partial charge on any atom is -0.309 e. The molecular formula is C16H23NS. The van der Waals surface area contributed by atoms with Gasteiger partial charge < -0.3 is 5.32 Å². The van der Waals surface area contributed by atoms with E-state index in [2.05, 4.69) is 22.8 Å². The molecule has 0 aromatic carbocycles. The molecule has 1 N–H and O–H groups in total. The first-order valence-corrected chi connectivity index (χ1v) is 8.56. The van der Waals surface area contributed by atoms with Gasteiger partial charge in [0.25, 0.3) is 0 Å². The maximum atomic E-state index is 3.94. The Hall–Kier alpha value is -0.340. The van der Waals surface area contributed by atoms with Crippen molar-refractivity contribution in [3.05, 3.63) is 22.4 Å². The second kappa shape index (κ2) is 4.64. The molecule has 2 heteroatoms. The molecule has 1 unspecified atom stereocenters. The van der Waals surface area contributed by atoms with Crippen LogP contribution in [0.4, 0.5) is 0 Å². The first-order chi connectivity index (χ1) is 8.92. The summed E-state index contributed by atoms with van der Waals surface area (Å²) in [7, 11) is 0. The Morgan fingerprint density at radius 2 is 1.72 bits per heavy atom. The van der Waals surface area contributed by atoms with E-state index in [9.17, 15) is 0 Å². The van der Waals surface area contributed by atoms with Crippen LogP contribution in [-0.4, -0.2) is 6.54 Å². The van der Waals surface area contributed by atoms with Gasteiger partial charge in [0, 0.05) is 10.9 Å². The molecule has 98 valence electrons. The molecule has 1 heterocycles. The van der Waals surface area contributed by atoms with E-state index in [1.54, 1.807) is 4.88 Å². The Bertz CT molecular complexity index is 375. The van der Waals surface area contributed by atoms with Crippen LogP contribution in [0.1, 0.15) is 49.4 Å². The molecular weight excluding hydrogens is 238 g/mol. The Labute approximate surface area is 114 Å². The summed E-state index contributed by atoms with van der Waals surface area (Å²) in [5, 5.41) is 6.17. The summed E-state index contributed by atoms with van der Waals surface area (Å²) in [6.07, 6.45) is 8.91. The molecule has 0 radical (unpaired) electrons. The number of thiophene rings is 1. The minimum absolute atomic E-state index is 0.671. The molecule has 0 spiro atoms. The summed E-state index contributed by atoms with van der Waals surface area (Å²) in [5.41, 5.74) is 0. The highest BCUT2D eigenvalue weighted by molar-refractivity contribution is 7.10. The zero-order valence-corrected chi connectivity index (χ0v) is 11.8. The quantitative estimate of drug-likeness (QED) is 0.774. The Kier molecular flexibility index (Phi) is 2.96. The molecule has 1 aromatic rings. The van der Waals surface area contributed by atoms with Crippen molar-refractivity contribution in [2.24, 2.45) is 23.7 Å². The van der Waals surface area contributed by atoms with E-state index >= 15 is 0 Å². The van der Waals surface area contributed by atoms with Gasteiger partial charge >= 0.3 is 0 Å². The number of hydrogen-bond acceptors (Lipinski definition) is 2. The highest BCUT2D eigenvalue weighted by Gasteiger charge is 2.42. The second-order valence-corrected chi connectivity index (χ2v) is 7.56. The molecule has 18 heavy (non-hydrogen) atoms. The van der Waals surface area contributed by atoms with Crippen molar-refractivity contribution in [1.29, 1.82) is 0 Å². The smallest absolute Gasteiger partial charge is 0.0443 e. The molecule has 1 nitrogen and oxygen atoms in total. The van der Waals surface area contributed by atoms with Crippen LogP contribution in [0, 0.1) is 23.7 Å². The summed E-state index contributed by atoms with van der Waals surface area (Å²) in [4.78, 5) is 1.57. The lowest BCUT2D eigenvalue weighted by Gasteiger charge is -2.22. The van der Waals surface area contributed by atoms with Crippen molar-refractivity contribution in [2.75, 3.05) is 6.54 Å². The monoisotopic (exact) mass is 261 g/mol. The molecule has 1 aromatic heterocycles. The predicted octanol–water partition coefficient (Wildman–Crippen LogP) is 4.23. The molecule has 1 atom stereocenters. The highest BCUT2D eigenvalue weighted by atomic mass is 32.1. The lowest BCUT2D eigenvalue weighted by Crippen LogP contribution is -2.30. The normalized spacial score (nSPS) is 25.6. The first-order valence-electron chi connectivity index (χ1n) is 7.68. The minimum atomic E-state index is 0.671. The fraction of sp³-hybridized carbons (Fsp3) is 0.750. The van der Waals surface area contributed by atoms with Crippen molar-refractivity contribution < 1.29 is 0 Å². The molecule has 0 bridgehead atoms. The summed E-state index contributed by atoms with van der Waals surface area (Å²) in [5.74, 6) is 4.09. The van der Waals surface area contributed by atoms with Crippen molar-refractivity contribution in [2.45, 2.75) is 44.6 Å². The Morgan fingerprint density at radius 3 is 2.22 bits per heavy atom. The Balaban J connectivity index is 1.39. The van der Waals surface area contributed by atoms with Gasteiger partial charge in [-0.25, -0.2) is 0 Å². The lowest BCUT2D eigenvalue weighted by atomic mass is 9.97. The Morgan fingerprint density at radius 1 is 1.06 bits per heavy atom. The van der Waals surface area contributed by atoms with Crippen LogP contribution in [0.2, 0.25) is 0 Å². The molecule has 4 rings (SSSR count). The molecule has 3 saturated carbocycles. The molecule has 0 saturated heterocycles. The van der Waals surface area contributed by atoms with Gasteiger partial charge in [0.1, 0.15) is 0 Å². The van der Waals surface area contributed by atoms with Gasteiger partial charge in [0.15, 0.2) is 0 Å². The van der Waals surface area contributed by atoms with Crippen molar-refractivity contribution in [3.63, 3.8) is 0 Å². The van der Waals surface area contributed by atoms with Crippen LogP contribution in [-0.2, 0) is 0 Å². The van der Waals surface area contributed by atoms with Crippen LogP contribution >= 0.6 is 11.3 Å². The van der Waals surface area contributed by atoms with Crippen molar-refractivity contribution in [1.82, 2.24) is 5.32 Å². The number of nitrogens with one attached hydrogen (secondary N) is 1. The second-order valence-electron chi connectivity index (χ2n) is 6.58. The standard InChI is InChI=1S/C16H23NS/c1-2-15(18-9-1)16(13-7-8-13)17-10-14(11-3-4-11)12-5-6-12/h1-2,9,11-14,16-17H,3-8,10H2. The van der Waals surface area contributed by atoms with Gasteiger partial charge in [-0.2, -0.15) is 0 Å². The van der Waals surface area contributed by atoms with Gasteiger partial charge in [-0.15, -0.1) is 11.3 Å². The van der Waals surface area contributed by atoms with Crippen LogP contribution in [0.5, 0.6) is 0 Å². The lowest BCUT2D eigenvalue weighted by molar-refractivity contribution is 0.346. The fourth-order valence-corrected chi connectivity index (χ4v) is 4.32. The summed E-state index contributed by atoms with van der Waals surface area (Å²) >= 11 is 1.94. The van der Waals surface area contributed by atoms with Crippen molar-refractivity contribution >= 4 is 11.3 Å². The average molecular weight is 261 g/mol. The van der Waals surface area contributed by atoms with E-state index in [-0.39, 0.29) is 0 Å². The van der Waals surface area contributed by atoms with Gasteiger partial charge in [-0.1, -0.05) is 6.07 Å². The van der Waals surface area contributed by atoms with Crippen LogP contribution < -0.4 is 5.32 Å². The van der Waals surface area contributed by atoms with Crippen LogP contribution in [0.25, 0.3) is 0 Å². The predicted molar refractivity (Wildman–Crippen MR) is 76.7 cm³/mol. The zero-order valence-electron chi connectivity index (χ0n) is 11.0. The third-order valence-corrected chi connectivity index (χ3v) is 5.93. The summed E-state index contributed by atoms with van der Waals surface area (Å²) in [6.45, 7) is 1.29. The van der Waals surface area contributed by atoms with E-state index in [1.165, 1.54) is 45.1 Å². The fourth-order valence-electron chi connectivity index (χ4n) is 3.43. The summed E-state index contributed by atoms with van der Waals surface area (Å²) in [6, 6.07) is 5.20. The van der Waals surface area contributed by atoms with Crippen LogP contribution in [0.3, 0.4) is 0 Å².